The average Bonchev–Trinajstić information content (AvgIpc) is 2.66. The van der Waals surface area contributed by atoms with E-state index in [1.807, 2.05) is 12.3 Å². The molecule has 3 nitrogen and oxygen atoms in total. The number of aryl methyl sites for hydroxylation is 1. The van der Waals surface area contributed by atoms with Crippen LogP contribution >= 0.6 is 0 Å². The van der Waals surface area contributed by atoms with Gasteiger partial charge >= 0.3 is 0 Å². The van der Waals surface area contributed by atoms with Crippen molar-refractivity contribution in [2.75, 3.05) is 18.4 Å². The molecule has 2 rings (SSSR count). The first-order valence-corrected chi connectivity index (χ1v) is 6.08. The lowest BCUT2D eigenvalue weighted by Crippen LogP contribution is -2.31. The maximum absolute atomic E-state index is 4.34. The van der Waals surface area contributed by atoms with Gasteiger partial charge in [0.25, 0.3) is 0 Å². The Bertz CT molecular complexity index is 349. The topological polar surface area (TPSA) is 28.2 Å². The van der Waals surface area contributed by atoms with Gasteiger partial charge in [0, 0.05) is 31.4 Å². The highest BCUT2D eigenvalue weighted by atomic mass is 15.2. The number of hydrogen-bond acceptors (Lipinski definition) is 3. The maximum Gasteiger partial charge on any atom is 0.126 e. The normalized spacial score (nSPS) is 21.6. The number of aromatic nitrogens is 1. The van der Waals surface area contributed by atoms with Gasteiger partial charge < -0.3 is 5.32 Å². The fourth-order valence-electron chi connectivity index (χ4n) is 2.20. The minimum atomic E-state index is 0.552. The summed E-state index contributed by atoms with van der Waals surface area (Å²) in [6.07, 6.45) is 3.08. The molecule has 88 valence electrons. The second-order valence-electron chi connectivity index (χ2n) is 4.94. The molecule has 1 aromatic heterocycles. The molecular weight excluding hydrogens is 198 g/mol. The Balaban J connectivity index is 1.92. The van der Waals surface area contributed by atoms with Crippen molar-refractivity contribution in [3.63, 3.8) is 0 Å². The van der Waals surface area contributed by atoms with Crippen LogP contribution in [0, 0.1) is 6.92 Å². The summed E-state index contributed by atoms with van der Waals surface area (Å²) >= 11 is 0. The zero-order valence-corrected chi connectivity index (χ0v) is 10.4. The Morgan fingerprint density at radius 3 is 2.94 bits per heavy atom. The fraction of sp³-hybridized carbons (Fsp3) is 0.615. The predicted molar refractivity (Wildman–Crippen MR) is 67.7 cm³/mol. The molecule has 1 aliphatic heterocycles. The van der Waals surface area contributed by atoms with Crippen LogP contribution in [0.2, 0.25) is 0 Å². The monoisotopic (exact) mass is 219 g/mol. The third-order valence-corrected chi connectivity index (χ3v) is 3.22. The van der Waals surface area contributed by atoms with Crippen molar-refractivity contribution in [1.29, 1.82) is 0 Å². The van der Waals surface area contributed by atoms with E-state index in [4.69, 9.17) is 0 Å². The number of nitrogens with one attached hydrogen (secondary N) is 1. The van der Waals surface area contributed by atoms with Gasteiger partial charge in [-0.05, 0) is 44.9 Å². The van der Waals surface area contributed by atoms with Crippen molar-refractivity contribution < 1.29 is 0 Å². The van der Waals surface area contributed by atoms with E-state index in [0.29, 0.717) is 12.1 Å². The van der Waals surface area contributed by atoms with E-state index in [0.717, 1.165) is 12.4 Å². The summed E-state index contributed by atoms with van der Waals surface area (Å²) in [5.74, 6) is 1.01. The Kier molecular flexibility index (Phi) is 3.44. The molecule has 0 bridgehead atoms. The lowest BCUT2D eigenvalue weighted by molar-refractivity contribution is 0.274. The van der Waals surface area contributed by atoms with E-state index in [2.05, 4.69) is 42.0 Å². The van der Waals surface area contributed by atoms with Gasteiger partial charge in [0.15, 0.2) is 0 Å². The number of rotatable bonds is 3. The lowest BCUT2D eigenvalue weighted by Gasteiger charge is -2.20. The average molecular weight is 219 g/mol. The molecule has 1 aliphatic rings. The van der Waals surface area contributed by atoms with Crippen LogP contribution < -0.4 is 5.32 Å². The first-order valence-electron chi connectivity index (χ1n) is 6.08. The maximum atomic E-state index is 4.34. The quantitative estimate of drug-likeness (QED) is 0.845. The van der Waals surface area contributed by atoms with Crippen LogP contribution in [-0.2, 0) is 0 Å². The standard InChI is InChI=1S/C13H21N3/c1-10(2)16-7-5-12(9-16)15-13-8-11(3)4-6-14-13/h4,6,8,10,12H,5,7,9H2,1-3H3,(H,14,15). The minimum Gasteiger partial charge on any atom is -0.366 e. The van der Waals surface area contributed by atoms with Crippen LogP contribution in [-0.4, -0.2) is 35.1 Å². The lowest BCUT2D eigenvalue weighted by atomic mass is 10.2. The first kappa shape index (κ1) is 11.4. The molecule has 1 unspecified atom stereocenters. The van der Waals surface area contributed by atoms with Gasteiger partial charge in [-0.25, -0.2) is 4.98 Å². The van der Waals surface area contributed by atoms with Crippen LogP contribution in [0.3, 0.4) is 0 Å². The molecule has 1 atom stereocenters. The molecule has 1 aromatic rings. The van der Waals surface area contributed by atoms with Gasteiger partial charge in [-0.2, -0.15) is 0 Å². The molecule has 0 aromatic carbocycles. The van der Waals surface area contributed by atoms with Crippen molar-refractivity contribution in [3.8, 4) is 0 Å². The third kappa shape index (κ3) is 2.73. The van der Waals surface area contributed by atoms with E-state index in [9.17, 15) is 0 Å². The fourth-order valence-corrected chi connectivity index (χ4v) is 2.20. The van der Waals surface area contributed by atoms with Gasteiger partial charge in [-0.3, -0.25) is 4.90 Å². The highest BCUT2D eigenvalue weighted by molar-refractivity contribution is 5.38. The highest BCUT2D eigenvalue weighted by Gasteiger charge is 2.23. The Morgan fingerprint density at radius 2 is 2.31 bits per heavy atom. The molecule has 0 saturated carbocycles. The molecule has 0 radical (unpaired) electrons. The van der Waals surface area contributed by atoms with Crippen molar-refractivity contribution in [1.82, 2.24) is 9.88 Å². The summed E-state index contributed by atoms with van der Waals surface area (Å²) in [6, 6.07) is 5.34. The molecule has 0 amide bonds. The van der Waals surface area contributed by atoms with E-state index < -0.39 is 0 Å². The summed E-state index contributed by atoms with van der Waals surface area (Å²) in [4.78, 5) is 6.85. The van der Waals surface area contributed by atoms with E-state index in [-0.39, 0.29) is 0 Å². The number of pyridine rings is 1. The molecule has 1 fully saturated rings. The summed E-state index contributed by atoms with van der Waals surface area (Å²) in [7, 11) is 0. The van der Waals surface area contributed by atoms with Gasteiger partial charge in [-0.15, -0.1) is 0 Å². The molecule has 0 spiro atoms. The smallest absolute Gasteiger partial charge is 0.126 e. The zero-order chi connectivity index (χ0) is 11.5. The first-order chi connectivity index (χ1) is 7.65. The van der Waals surface area contributed by atoms with Crippen LogP contribution in [0.25, 0.3) is 0 Å². The van der Waals surface area contributed by atoms with E-state index in [1.165, 1.54) is 18.5 Å². The van der Waals surface area contributed by atoms with Crippen LogP contribution in [0.1, 0.15) is 25.8 Å². The second kappa shape index (κ2) is 4.83. The van der Waals surface area contributed by atoms with Crippen LogP contribution in [0.15, 0.2) is 18.3 Å². The minimum absolute atomic E-state index is 0.552. The number of hydrogen-bond donors (Lipinski definition) is 1. The summed E-state index contributed by atoms with van der Waals surface area (Å²) < 4.78 is 0. The van der Waals surface area contributed by atoms with Crippen molar-refractivity contribution in [2.24, 2.45) is 0 Å². The molecule has 2 heterocycles. The second-order valence-corrected chi connectivity index (χ2v) is 4.94. The van der Waals surface area contributed by atoms with Crippen LogP contribution in [0.4, 0.5) is 5.82 Å². The molecule has 3 heteroatoms. The predicted octanol–water partition coefficient (Wildman–Crippen LogP) is 2.28. The Labute approximate surface area is 97.9 Å². The molecule has 1 N–H and O–H groups in total. The SMILES string of the molecule is Cc1ccnc(NC2CCN(C(C)C)C2)c1. The molecule has 0 aliphatic carbocycles. The zero-order valence-electron chi connectivity index (χ0n) is 10.4. The van der Waals surface area contributed by atoms with E-state index in [1.54, 1.807) is 0 Å². The van der Waals surface area contributed by atoms with Gasteiger partial charge in [0.05, 0.1) is 0 Å². The Morgan fingerprint density at radius 1 is 1.50 bits per heavy atom. The van der Waals surface area contributed by atoms with Crippen LogP contribution in [0.5, 0.6) is 0 Å². The number of nitrogens with zero attached hydrogens (tertiary/aromatic N) is 2. The highest BCUT2D eigenvalue weighted by Crippen LogP contribution is 2.16. The third-order valence-electron chi connectivity index (χ3n) is 3.22. The van der Waals surface area contributed by atoms with Gasteiger partial charge in [0.2, 0.25) is 0 Å². The van der Waals surface area contributed by atoms with Crippen molar-refractivity contribution >= 4 is 5.82 Å². The van der Waals surface area contributed by atoms with Gasteiger partial charge in [0.1, 0.15) is 5.82 Å². The molecule has 16 heavy (non-hydrogen) atoms. The van der Waals surface area contributed by atoms with Crippen molar-refractivity contribution in [3.05, 3.63) is 23.9 Å². The molecule has 1 saturated heterocycles. The summed E-state index contributed by atoms with van der Waals surface area (Å²) in [5, 5.41) is 3.51. The number of anilines is 1. The summed E-state index contributed by atoms with van der Waals surface area (Å²) in [6.45, 7) is 8.94. The number of likely N-dealkylation sites (tertiary alicyclic amines) is 1. The van der Waals surface area contributed by atoms with Crippen molar-refractivity contribution in [2.45, 2.75) is 39.3 Å². The van der Waals surface area contributed by atoms with Gasteiger partial charge in [-0.1, -0.05) is 0 Å². The Hall–Kier alpha value is -1.09. The summed E-state index contributed by atoms with van der Waals surface area (Å²) in [5.41, 5.74) is 1.26. The largest absolute Gasteiger partial charge is 0.366 e. The van der Waals surface area contributed by atoms with E-state index >= 15 is 0 Å². The molecular formula is C13H21N3.